The number of rotatable bonds is 6. The number of fused-ring (bicyclic) bond motifs is 1. The molecule has 3 atom stereocenters. The van der Waals surface area contributed by atoms with Crippen LogP contribution in [-0.2, 0) is 19.2 Å². The summed E-state index contributed by atoms with van der Waals surface area (Å²) in [5.41, 5.74) is 1.85. The van der Waals surface area contributed by atoms with Crippen molar-refractivity contribution in [1.29, 1.82) is 0 Å². The Bertz CT molecular complexity index is 1200. The van der Waals surface area contributed by atoms with E-state index in [1.807, 2.05) is 19.1 Å². The maximum absolute atomic E-state index is 13.0. The topological polar surface area (TPSA) is 93.2 Å². The number of nitrogens with zero attached hydrogens (tertiary/aromatic N) is 2. The second kappa shape index (κ2) is 9.76. The molecule has 8 nitrogen and oxygen atoms in total. The van der Waals surface area contributed by atoms with E-state index in [0.717, 1.165) is 25.7 Å². The normalized spacial score (nSPS) is 23.7. The molecule has 8 heteroatoms. The largest absolute Gasteiger partial charge is 0.492 e. The molecule has 2 saturated heterocycles. The summed E-state index contributed by atoms with van der Waals surface area (Å²) in [4.78, 5) is 54.4. The lowest BCUT2D eigenvalue weighted by Gasteiger charge is -2.20. The van der Waals surface area contributed by atoms with Gasteiger partial charge in [-0.05, 0) is 62.6 Å². The molecule has 2 aromatic carbocycles. The summed E-state index contributed by atoms with van der Waals surface area (Å²) in [6, 6.07) is 12.2. The van der Waals surface area contributed by atoms with Gasteiger partial charge in [0.15, 0.2) is 0 Å². The summed E-state index contributed by atoms with van der Waals surface area (Å²) in [5, 5.41) is 0. The minimum atomic E-state index is -0.614. The van der Waals surface area contributed by atoms with Gasteiger partial charge in [-0.25, -0.2) is 4.90 Å². The molecule has 2 aromatic rings. The molecule has 3 aliphatic rings. The van der Waals surface area contributed by atoms with Crippen molar-refractivity contribution in [2.45, 2.75) is 46.0 Å². The number of amides is 3. The average Bonchev–Trinajstić information content (AvgIpc) is 3.38. The van der Waals surface area contributed by atoms with Crippen molar-refractivity contribution in [2.24, 2.45) is 17.8 Å². The molecule has 36 heavy (non-hydrogen) atoms. The van der Waals surface area contributed by atoms with Crippen LogP contribution in [0.15, 0.2) is 42.5 Å². The second-order valence-corrected chi connectivity index (χ2v) is 9.68. The molecular formula is C28H30N2O6. The van der Waals surface area contributed by atoms with E-state index < -0.39 is 11.9 Å². The van der Waals surface area contributed by atoms with Gasteiger partial charge in [-0.1, -0.05) is 25.0 Å². The van der Waals surface area contributed by atoms with E-state index in [-0.39, 0.29) is 42.5 Å². The molecule has 0 unspecified atom stereocenters. The highest BCUT2D eigenvalue weighted by molar-refractivity contribution is 6.22. The monoisotopic (exact) mass is 490 g/mol. The predicted molar refractivity (Wildman–Crippen MR) is 133 cm³/mol. The smallest absolute Gasteiger partial charge is 0.316 e. The van der Waals surface area contributed by atoms with Crippen molar-refractivity contribution in [3.05, 3.63) is 48.0 Å². The van der Waals surface area contributed by atoms with Crippen LogP contribution in [0, 0.1) is 24.7 Å². The number of ether oxygens (including phenoxy) is 2. The Hall–Kier alpha value is -3.68. The van der Waals surface area contributed by atoms with Crippen molar-refractivity contribution < 1.29 is 28.7 Å². The van der Waals surface area contributed by atoms with Crippen LogP contribution in [0.3, 0.4) is 0 Å². The number of hydrogen-bond acceptors (Lipinski definition) is 6. The summed E-state index contributed by atoms with van der Waals surface area (Å²) < 4.78 is 11.3. The first kappa shape index (κ1) is 24.0. The van der Waals surface area contributed by atoms with E-state index in [4.69, 9.17) is 9.47 Å². The zero-order chi connectivity index (χ0) is 25.4. The number of benzene rings is 2. The van der Waals surface area contributed by atoms with Gasteiger partial charge in [0.05, 0.1) is 35.7 Å². The van der Waals surface area contributed by atoms with Crippen molar-refractivity contribution >= 4 is 35.1 Å². The summed E-state index contributed by atoms with van der Waals surface area (Å²) in [5.74, 6) is -1.06. The first-order valence-electron chi connectivity index (χ1n) is 12.6. The molecule has 0 bridgehead atoms. The van der Waals surface area contributed by atoms with E-state index in [0.29, 0.717) is 35.0 Å². The van der Waals surface area contributed by atoms with Gasteiger partial charge < -0.3 is 14.4 Å². The Balaban J connectivity index is 1.28. The number of aryl methyl sites for hydroxylation is 1. The van der Waals surface area contributed by atoms with Gasteiger partial charge in [0, 0.05) is 13.0 Å². The highest BCUT2D eigenvalue weighted by atomic mass is 16.5. The molecule has 2 aliphatic heterocycles. The Labute approximate surface area is 210 Å². The second-order valence-electron chi connectivity index (χ2n) is 9.68. The lowest BCUT2D eigenvalue weighted by molar-refractivity contribution is -0.139. The molecule has 0 aromatic heterocycles. The standard InChI is InChI=1S/C28H30N2O6/c1-3-35-24-11-7-6-10-23(24)29-16-18(15-25(29)31)28(34)36-19-12-13-22(17(2)14-19)30-26(32)20-8-4-5-9-21(20)27(30)33/h6-7,10-14,18,20-21H,3-5,8-9,15-16H2,1-2H3/t18-,20-,21+/m1/s1. The number of imide groups is 1. The quantitative estimate of drug-likeness (QED) is 0.345. The molecule has 3 amide bonds. The molecule has 0 spiro atoms. The van der Waals surface area contributed by atoms with E-state index in [1.165, 1.54) is 4.90 Å². The van der Waals surface area contributed by atoms with Crippen LogP contribution in [0.2, 0.25) is 0 Å². The molecule has 3 fully saturated rings. The molecule has 0 radical (unpaired) electrons. The Kier molecular flexibility index (Phi) is 6.51. The lowest BCUT2D eigenvalue weighted by Crippen LogP contribution is -2.31. The molecule has 2 heterocycles. The number of esters is 1. The first-order valence-corrected chi connectivity index (χ1v) is 12.6. The maximum atomic E-state index is 13.0. The van der Waals surface area contributed by atoms with Gasteiger partial charge in [-0.15, -0.1) is 0 Å². The van der Waals surface area contributed by atoms with Crippen LogP contribution >= 0.6 is 0 Å². The predicted octanol–water partition coefficient (Wildman–Crippen LogP) is 4.03. The van der Waals surface area contributed by atoms with Gasteiger partial charge in [0.2, 0.25) is 17.7 Å². The molecule has 1 aliphatic carbocycles. The van der Waals surface area contributed by atoms with E-state index >= 15 is 0 Å². The number of anilines is 2. The SMILES string of the molecule is CCOc1ccccc1N1C[C@H](C(=O)Oc2ccc(N3C(=O)[C@H]4CCCC[C@H]4C3=O)c(C)c2)CC1=O. The van der Waals surface area contributed by atoms with Crippen molar-refractivity contribution in [1.82, 2.24) is 0 Å². The highest BCUT2D eigenvalue weighted by Gasteiger charge is 2.49. The molecule has 1 saturated carbocycles. The van der Waals surface area contributed by atoms with Gasteiger partial charge in [0.1, 0.15) is 11.5 Å². The lowest BCUT2D eigenvalue weighted by atomic mass is 9.81. The van der Waals surface area contributed by atoms with Crippen LogP contribution < -0.4 is 19.3 Å². The molecule has 188 valence electrons. The third-order valence-corrected chi connectivity index (χ3v) is 7.38. The number of carbonyl (C=O) groups is 4. The van der Waals surface area contributed by atoms with E-state index in [1.54, 1.807) is 42.2 Å². The molecule has 5 rings (SSSR count). The maximum Gasteiger partial charge on any atom is 0.316 e. The van der Waals surface area contributed by atoms with Crippen LogP contribution in [0.4, 0.5) is 11.4 Å². The number of hydrogen-bond donors (Lipinski definition) is 0. The Morgan fingerprint density at radius 3 is 2.33 bits per heavy atom. The van der Waals surface area contributed by atoms with Crippen LogP contribution in [-0.4, -0.2) is 36.8 Å². The zero-order valence-electron chi connectivity index (χ0n) is 20.6. The first-order chi connectivity index (χ1) is 17.4. The third kappa shape index (κ3) is 4.25. The summed E-state index contributed by atoms with van der Waals surface area (Å²) in [6.45, 7) is 4.34. The fourth-order valence-corrected chi connectivity index (χ4v) is 5.60. The fourth-order valence-electron chi connectivity index (χ4n) is 5.60. The third-order valence-electron chi connectivity index (χ3n) is 7.38. The summed E-state index contributed by atoms with van der Waals surface area (Å²) in [7, 11) is 0. The number of carbonyl (C=O) groups excluding carboxylic acids is 4. The van der Waals surface area contributed by atoms with Gasteiger partial charge in [0.25, 0.3) is 0 Å². The van der Waals surface area contributed by atoms with Crippen molar-refractivity contribution in [3.63, 3.8) is 0 Å². The average molecular weight is 491 g/mol. The Morgan fingerprint density at radius 1 is 0.972 bits per heavy atom. The highest BCUT2D eigenvalue weighted by Crippen LogP contribution is 2.41. The molecular weight excluding hydrogens is 460 g/mol. The molecule has 0 N–H and O–H groups in total. The van der Waals surface area contributed by atoms with Gasteiger partial charge >= 0.3 is 5.97 Å². The van der Waals surface area contributed by atoms with Crippen molar-refractivity contribution in [2.75, 3.05) is 23.0 Å². The van der Waals surface area contributed by atoms with Gasteiger partial charge in [-0.2, -0.15) is 0 Å². The Morgan fingerprint density at radius 2 is 1.67 bits per heavy atom. The summed E-state index contributed by atoms with van der Waals surface area (Å²) in [6.07, 6.45) is 3.51. The minimum absolute atomic E-state index is 0.0515. The number of para-hydroxylation sites is 2. The zero-order valence-corrected chi connectivity index (χ0v) is 20.6. The van der Waals surface area contributed by atoms with Crippen LogP contribution in [0.25, 0.3) is 0 Å². The van der Waals surface area contributed by atoms with Crippen LogP contribution in [0.1, 0.15) is 44.6 Å². The minimum Gasteiger partial charge on any atom is -0.492 e. The van der Waals surface area contributed by atoms with Gasteiger partial charge in [-0.3, -0.25) is 19.2 Å². The fraction of sp³-hybridized carbons (Fsp3) is 0.429. The van der Waals surface area contributed by atoms with Crippen LogP contribution in [0.5, 0.6) is 11.5 Å². The van der Waals surface area contributed by atoms with E-state index in [2.05, 4.69) is 0 Å². The van der Waals surface area contributed by atoms with Crippen molar-refractivity contribution in [3.8, 4) is 11.5 Å². The van der Waals surface area contributed by atoms with E-state index in [9.17, 15) is 19.2 Å². The summed E-state index contributed by atoms with van der Waals surface area (Å²) >= 11 is 0.